The first-order chi connectivity index (χ1) is 12.5. The lowest BCUT2D eigenvalue weighted by atomic mass is 9.82. The van der Waals surface area contributed by atoms with Gasteiger partial charge in [-0.2, -0.15) is 0 Å². The Balaban J connectivity index is 1.47. The minimum Gasteiger partial charge on any atom is -0.598 e. The van der Waals surface area contributed by atoms with Crippen LogP contribution in [-0.4, -0.2) is 42.1 Å². The predicted octanol–water partition coefficient (Wildman–Crippen LogP) is 3.01. The second kappa shape index (κ2) is 9.46. The van der Waals surface area contributed by atoms with Crippen molar-refractivity contribution in [2.45, 2.75) is 62.6 Å². The van der Waals surface area contributed by atoms with Gasteiger partial charge in [-0.15, -0.1) is 4.72 Å². The van der Waals surface area contributed by atoms with Crippen LogP contribution in [0.2, 0.25) is 0 Å². The van der Waals surface area contributed by atoms with E-state index in [2.05, 4.69) is 10.0 Å². The van der Waals surface area contributed by atoms with Gasteiger partial charge in [0.2, 0.25) is 0 Å². The van der Waals surface area contributed by atoms with Crippen molar-refractivity contribution >= 4 is 11.4 Å². The second-order valence-electron chi connectivity index (χ2n) is 7.35. The summed E-state index contributed by atoms with van der Waals surface area (Å²) < 4.78 is 48.0. The highest BCUT2D eigenvalue weighted by Crippen LogP contribution is 2.35. The molecule has 7 heteroatoms. The monoisotopic (exact) mass is 386 g/mol. The van der Waals surface area contributed by atoms with Crippen LogP contribution >= 0.6 is 0 Å². The SMILES string of the molecule is C[S+]([O-])NC1CCCN[C@H]1CO[C@H]1CC[C@@H](c2cc(F)ccc2F)CC1. The molecule has 1 aliphatic heterocycles. The summed E-state index contributed by atoms with van der Waals surface area (Å²) in [5.41, 5.74) is 0.493. The van der Waals surface area contributed by atoms with Crippen molar-refractivity contribution in [1.82, 2.24) is 10.0 Å². The molecule has 1 aromatic carbocycles. The van der Waals surface area contributed by atoms with E-state index in [9.17, 15) is 13.3 Å². The van der Waals surface area contributed by atoms with Gasteiger partial charge in [0.1, 0.15) is 17.9 Å². The highest BCUT2D eigenvalue weighted by Gasteiger charge is 2.30. The normalized spacial score (nSPS) is 30.9. The average Bonchev–Trinajstić information content (AvgIpc) is 2.63. The molecule has 1 saturated carbocycles. The van der Waals surface area contributed by atoms with Crippen LogP contribution in [0.25, 0.3) is 0 Å². The van der Waals surface area contributed by atoms with Crippen molar-refractivity contribution < 1.29 is 18.1 Å². The summed E-state index contributed by atoms with van der Waals surface area (Å²) >= 11 is -1.03. The van der Waals surface area contributed by atoms with Gasteiger partial charge < -0.3 is 14.6 Å². The lowest BCUT2D eigenvalue weighted by Crippen LogP contribution is -2.55. The molecule has 0 spiro atoms. The smallest absolute Gasteiger partial charge is 0.126 e. The molecular weight excluding hydrogens is 358 g/mol. The third-order valence-electron chi connectivity index (χ3n) is 5.49. The van der Waals surface area contributed by atoms with Crippen LogP contribution in [0.15, 0.2) is 18.2 Å². The first-order valence-corrected chi connectivity index (χ1v) is 11.0. The molecule has 2 fully saturated rings. The van der Waals surface area contributed by atoms with Gasteiger partial charge in [0.05, 0.1) is 24.8 Å². The number of rotatable bonds is 6. The van der Waals surface area contributed by atoms with Gasteiger partial charge in [0.25, 0.3) is 0 Å². The fourth-order valence-electron chi connectivity index (χ4n) is 4.09. The second-order valence-corrected chi connectivity index (χ2v) is 8.50. The quantitative estimate of drug-likeness (QED) is 0.738. The zero-order valence-electron chi connectivity index (χ0n) is 15.2. The lowest BCUT2D eigenvalue weighted by Gasteiger charge is -2.35. The highest BCUT2D eigenvalue weighted by molar-refractivity contribution is 7.88. The minimum atomic E-state index is -1.03. The Kier molecular flexibility index (Phi) is 7.28. The molecule has 2 N–H and O–H groups in total. The van der Waals surface area contributed by atoms with Gasteiger partial charge in [-0.3, -0.25) is 0 Å². The van der Waals surface area contributed by atoms with Gasteiger partial charge in [-0.05, 0) is 74.8 Å². The summed E-state index contributed by atoms with van der Waals surface area (Å²) in [5.74, 6) is -0.631. The third kappa shape index (κ3) is 5.39. The fraction of sp³-hybridized carbons (Fsp3) is 0.684. The number of nitrogens with one attached hydrogen (secondary N) is 2. The largest absolute Gasteiger partial charge is 0.598 e. The molecule has 146 valence electrons. The molecule has 3 atom stereocenters. The zero-order valence-corrected chi connectivity index (χ0v) is 16.0. The Morgan fingerprint density at radius 2 is 2.00 bits per heavy atom. The summed E-state index contributed by atoms with van der Waals surface area (Å²) in [4.78, 5) is 0. The summed E-state index contributed by atoms with van der Waals surface area (Å²) in [6.45, 7) is 1.53. The fourth-order valence-corrected chi connectivity index (χ4v) is 4.80. The molecule has 1 aliphatic carbocycles. The molecule has 1 heterocycles. The third-order valence-corrected chi connectivity index (χ3v) is 6.12. The molecule has 1 aromatic rings. The molecule has 4 nitrogen and oxygen atoms in total. The van der Waals surface area contributed by atoms with Crippen LogP contribution < -0.4 is 10.0 Å². The van der Waals surface area contributed by atoms with Gasteiger partial charge in [0, 0.05) is 11.4 Å². The maximum Gasteiger partial charge on any atom is 0.126 e. The Bertz CT molecular complexity index is 583. The zero-order chi connectivity index (χ0) is 18.5. The van der Waals surface area contributed by atoms with Crippen LogP contribution in [0.4, 0.5) is 8.78 Å². The molecule has 2 aliphatic rings. The number of benzene rings is 1. The van der Waals surface area contributed by atoms with E-state index in [0.717, 1.165) is 45.1 Å². The van der Waals surface area contributed by atoms with E-state index in [1.807, 2.05) is 0 Å². The van der Waals surface area contributed by atoms with Crippen LogP contribution in [0, 0.1) is 11.6 Å². The summed E-state index contributed by atoms with van der Waals surface area (Å²) in [7, 11) is 0. The van der Waals surface area contributed by atoms with Crippen molar-refractivity contribution in [2.75, 3.05) is 19.4 Å². The maximum absolute atomic E-state index is 14.0. The van der Waals surface area contributed by atoms with E-state index in [1.54, 1.807) is 6.26 Å². The van der Waals surface area contributed by atoms with E-state index in [1.165, 1.54) is 18.2 Å². The van der Waals surface area contributed by atoms with E-state index in [4.69, 9.17) is 4.74 Å². The standard InChI is InChI=1S/C19H28F2N2O2S/c1-26(24)23-18-3-2-10-22-19(18)12-25-15-7-4-13(5-8-15)16-11-14(20)6-9-17(16)21/h6,9,11,13,15,18-19,22-23H,2-5,7-8,10,12H2,1H3/t13-,15+,18?,19-,26?/m0/s1. The Morgan fingerprint density at radius 3 is 2.73 bits per heavy atom. The van der Waals surface area contributed by atoms with Crippen molar-refractivity contribution in [3.8, 4) is 0 Å². The number of piperidine rings is 1. The number of halogens is 2. The maximum atomic E-state index is 14.0. The first-order valence-electron chi connectivity index (χ1n) is 9.42. The van der Waals surface area contributed by atoms with Crippen molar-refractivity contribution in [2.24, 2.45) is 0 Å². The molecular formula is C19H28F2N2O2S. The first kappa shape index (κ1) is 20.0. The van der Waals surface area contributed by atoms with Gasteiger partial charge in [0.15, 0.2) is 0 Å². The summed E-state index contributed by atoms with van der Waals surface area (Å²) in [5, 5.41) is 3.45. The minimum absolute atomic E-state index is 0.0651. The topological polar surface area (TPSA) is 56.3 Å². The van der Waals surface area contributed by atoms with E-state index in [0.29, 0.717) is 12.2 Å². The van der Waals surface area contributed by atoms with Gasteiger partial charge in [-0.25, -0.2) is 8.78 Å². The molecule has 1 saturated heterocycles. The van der Waals surface area contributed by atoms with Crippen molar-refractivity contribution in [3.05, 3.63) is 35.4 Å². The lowest BCUT2D eigenvalue weighted by molar-refractivity contribution is 0.00505. The van der Waals surface area contributed by atoms with E-state index in [-0.39, 0.29) is 35.7 Å². The van der Waals surface area contributed by atoms with E-state index < -0.39 is 11.4 Å². The Hall–Kier alpha value is -0.730. The summed E-state index contributed by atoms with van der Waals surface area (Å²) in [6.07, 6.45) is 7.19. The summed E-state index contributed by atoms with van der Waals surface area (Å²) in [6, 6.07) is 4.03. The number of ether oxygens (including phenoxy) is 1. The molecule has 0 amide bonds. The Morgan fingerprint density at radius 1 is 1.23 bits per heavy atom. The van der Waals surface area contributed by atoms with Crippen molar-refractivity contribution in [3.63, 3.8) is 0 Å². The molecule has 2 unspecified atom stereocenters. The van der Waals surface area contributed by atoms with Crippen molar-refractivity contribution in [1.29, 1.82) is 0 Å². The van der Waals surface area contributed by atoms with Gasteiger partial charge >= 0.3 is 0 Å². The average molecular weight is 387 g/mol. The molecule has 0 bridgehead atoms. The molecule has 3 rings (SSSR count). The van der Waals surface area contributed by atoms with Crippen LogP contribution in [0.1, 0.15) is 50.0 Å². The van der Waals surface area contributed by atoms with Crippen LogP contribution in [0.3, 0.4) is 0 Å². The molecule has 0 aromatic heterocycles. The highest BCUT2D eigenvalue weighted by atomic mass is 32.2. The Labute approximate surface area is 157 Å². The van der Waals surface area contributed by atoms with Crippen LogP contribution in [-0.2, 0) is 16.1 Å². The number of hydrogen-bond donors (Lipinski definition) is 2. The van der Waals surface area contributed by atoms with E-state index >= 15 is 0 Å². The molecule has 26 heavy (non-hydrogen) atoms. The van der Waals surface area contributed by atoms with Gasteiger partial charge in [-0.1, -0.05) is 0 Å². The molecule has 0 radical (unpaired) electrons. The van der Waals surface area contributed by atoms with Crippen LogP contribution in [0.5, 0.6) is 0 Å². The predicted molar refractivity (Wildman–Crippen MR) is 99.3 cm³/mol. The number of hydrogen-bond acceptors (Lipinski definition) is 4.